The lowest BCUT2D eigenvalue weighted by molar-refractivity contribution is -0.138. The van der Waals surface area contributed by atoms with Gasteiger partial charge in [-0.1, -0.05) is 18.2 Å². The van der Waals surface area contributed by atoms with Crippen molar-refractivity contribution in [3.63, 3.8) is 0 Å². The zero-order chi connectivity index (χ0) is 15.5. The van der Waals surface area contributed by atoms with Gasteiger partial charge in [0, 0.05) is 18.9 Å². The fourth-order valence-electron chi connectivity index (χ4n) is 1.71. The van der Waals surface area contributed by atoms with Crippen LogP contribution in [0.25, 0.3) is 0 Å². The van der Waals surface area contributed by atoms with Gasteiger partial charge in [-0.2, -0.15) is 13.2 Å². The van der Waals surface area contributed by atoms with Crippen LogP contribution in [-0.2, 0) is 22.7 Å². The van der Waals surface area contributed by atoms with Crippen molar-refractivity contribution in [2.45, 2.75) is 17.6 Å². The van der Waals surface area contributed by atoms with E-state index in [1.54, 1.807) is 0 Å². The predicted octanol–water partition coefficient (Wildman–Crippen LogP) is 2.58. The van der Waals surface area contributed by atoms with Gasteiger partial charge >= 0.3 is 6.18 Å². The quantitative estimate of drug-likeness (QED) is 0.943. The van der Waals surface area contributed by atoms with Crippen LogP contribution in [-0.4, -0.2) is 13.4 Å². The van der Waals surface area contributed by atoms with Crippen LogP contribution in [0.3, 0.4) is 0 Å². The molecule has 2 aromatic rings. The molecule has 1 aromatic carbocycles. The highest BCUT2D eigenvalue weighted by Crippen LogP contribution is 2.31. The third-order valence-corrected chi connectivity index (χ3v) is 4.11. The third-order valence-electron chi connectivity index (χ3n) is 2.72. The lowest BCUT2D eigenvalue weighted by atomic mass is 10.1. The molecule has 2 rings (SSSR count). The molecule has 0 spiro atoms. The van der Waals surface area contributed by atoms with Gasteiger partial charge in [0.2, 0.25) is 10.0 Å². The molecular weight excluding hydrogens is 305 g/mol. The molecule has 112 valence electrons. The molecule has 1 heterocycles. The Morgan fingerprint density at radius 2 is 1.81 bits per heavy atom. The molecule has 0 saturated carbocycles. The zero-order valence-electron chi connectivity index (χ0n) is 10.6. The SMILES string of the molecule is O=S(=O)(NCc1ccccc1C(F)(F)F)c1cccnc1. The number of halogens is 3. The van der Waals surface area contributed by atoms with Crippen molar-refractivity contribution in [1.82, 2.24) is 9.71 Å². The van der Waals surface area contributed by atoms with E-state index in [-0.39, 0.29) is 10.5 Å². The highest BCUT2D eigenvalue weighted by atomic mass is 32.2. The Morgan fingerprint density at radius 1 is 1.10 bits per heavy atom. The van der Waals surface area contributed by atoms with E-state index in [0.29, 0.717) is 0 Å². The van der Waals surface area contributed by atoms with Crippen LogP contribution in [0.4, 0.5) is 13.2 Å². The number of aromatic nitrogens is 1. The van der Waals surface area contributed by atoms with E-state index in [9.17, 15) is 21.6 Å². The van der Waals surface area contributed by atoms with Crippen molar-refractivity contribution in [3.05, 3.63) is 59.9 Å². The molecule has 21 heavy (non-hydrogen) atoms. The first-order valence-electron chi connectivity index (χ1n) is 5.85. The summed E-state index contributed by atoms with van der Waals surface area (Å²) in [6.07, 6.45) is -2.01. The van der Waals surface area contributed by atoms with Crippen LogP contribution >= 0.6 is 0 Å². The first-order valence-corrected chi connectivity index (χ1v) is 7.34. The first-order chi connectivity index (χ1) is 9.81. The minimum atomic E-state index is -4.53. The van der Waals surface area contributed by atoms with Crippen molar-refractivity contribution in [3.8, 4) is 0 Å². The first kappa shape index (κ1) is 15.5. The van der Waals surface area contributed by atoms with E-state index in [2.05, 4.69) is 9.71 Å². The van der Waals surface area contributed by atoms with Gasteiger partial charge in [0.25, 0.3) is 0 Å². The summed E-state index contributed by atoms with van der Waals surface area (Å²) in [5.74, 6) is 0. The van der Waals surface area contributed by atoms with Gasteiger partial charge in [-0.3, -0.25) is 4.98 Å². The number of benzene rings is 1. The molecule has 0 bridgehead atoms. The number of hydrogen-bond donors (Lipinski definition) is 1. The molecule has 0 atom stereocenters. The molecule has 0 unspecified atom stereocenters. The molecule has 1 aromatic heterocycles. The Bertz CT molecular complexity index is 716. The van der Waals surface area contributed by atoms with E-state index in [1.165, 1.54) is 36.5 Å². The molecule has 0 amide bonds. The summed E-state index contributed by atoms with van der Waals surface area (Å²) in [6.45, 7) is -0.451. The van der Waals surface area contributed by atoms with Crippen LogP contribution in [0.2, 0.25) is 0 Å². The highest BCUT2D eigenvalue weighted by Gasteiger charge is 2.33. The number of nitrogens with zero attached hydrogens (tertiary/aromatic N) is 1. The van der Waals surface area contributed by atoms with Crippen LogP contribution in [0, 0.1) is 0 Å². The second kappa shape index (κ2) is 5.82. The number of rotatable bonds is 4. The maximum Gasteiger partial charge on any atom is 0.416 e. The predicted molar refractivity (Wildman–Crippen MR) is 69.7 cm³/mol. The Kier molecular flexibility index (Phi) is 4.29. The Labute approximate surface area is 119 Å². The summed E-state index contributed by atoms with van der Waals surface area (Å²) in [5, 5.41) is 0. The molecule has 0 aliphatic carbocycles. The summed E-state index contributed by atoms with van der Waals surface area (Å²) < 4.78 is 64.4. The maximum atomic E-state index is 12.8. The fraction of sp³-hybridized carbons (Fsp3) is 0.154. The molecule has 0 saturated heterocycles. The third kappa shape index (κ3) is 3.79. The van der Waals surface area contributed by atoms with Gasteiger partial charge in [0.05, 0.1) is 5.56 Å². The number of nitrogens with one attached hydrogen (secondary N) is 1. The number of pyridine rings is 1. The van der Waals surface area contributed by atoms with Crippen LogP contribution in [0.1, 0.15) is 11.1 Å². The lowest BCUT2D eigenvalue weighted by Crippen LogP contribution is -2.25. The van der Waals surface area contributed by atoms with Gasteiger partial charge in [-0.05, 0) is 23.8 Å². The van der Waals surface area contributed by atoms with Crippen molar-refractivity contribution in [2.75, 3.05) is 0 Å². The summed E-state index contributed by atoms with van der Waals surface area (Å²) in [6, 6.07) is 7.55. The van der Waals surface area contributed by atoms with E-state index in [0.717, 1.165) is 12.3 Å². The van der Waals surface area contributed by atoms with Gasteiger partial charge in [0.1, 0.15) is 4.90 Å². The number of alkyl halides is 3. The van der Waals surface area contributed by atoms with E-state index >= 15 is 0 Å². The molecule has 1 N–H and O–H groups in total. The van der Waals surface area contributed by atoms with Gasteiger partial charge in [-0.25, -0.2) is 13.1 Å². The van der Waals surface area contributed by atoms with E-state index in [1.807, 2.05) is 0 Å². The lowest BCUT2D eigenvalue weighted by Gasteiger charge is -2.13. The number of sulfonamides is 1. The van der Waals surface area contributed by atoms with E-state index < -0.39 is 28.3 Å². The van der Waals surface area contributed by atoms with Crippen LogP contribution < -0.4 is 4.72 Å². The van der Waals surface area contributed by atoms with Gasteiger partial charge < -0.3 is 0 Å². The van der Waals surface area contributed by atoms with Crippen molar-refractivity contribution >= 4 is 10.0 Å². The molecule has 0 fully saturated rings. The molecule has 0 radical (unpaired) electrons. The van der Waals surface area contributed by atoms with E-state index in [4.69, 9.17) is 0 Å². The standard InChI is InChI=1S/C13H11F3N2O2S/c14-13(15,16)12-6-2-1-4-10(12)8-18-21(19,20)11-5-3-7-17-9-11/h1-7,9,18H,8H2. The average molecular weight is 316 g/mol. The minimum Gasteiger partial charge on any atom is -0.263 e. The minimum absolute atomic E-state index is 0.102. The molecule has 8 heteroatoms. The second-order valence-electron chi connectivity index (χ2n) is 4.17. The largest absolute Gasteiger partial charge is 0.416 e. The Hall–Kier alpha value is -1.93. The second-order valence-corrected chi connectivity index (χ2v) is 5.94. The Balaban J connectivity index is 2.22. The summed E-state index contributed by atoms with van der Waals surface area (Å²) >= 11 is 0. The summed E-state index contributed by atoms with van der Waals surface area (Å²) in [4.78, 5) is 3.56. The fourth-order valence-corrected chi connectivity index (χ4v) is 2.68. The average Bonchev–Trinajstić information content (AvgIpc) is 2.45. The molecule has 0 aliphatic heterocycles. The summed E-state index contributed by atoms with van der Waals surface area (Å²) in [7, 11) is -3.90. The normalized spacial score (nSPS) is 12.3. The Morgan fingerprint density at radius 3 is 2.43 bits per heavy atom. The topological polar surface area (TPSA) is 59.1 Å². The molecule has 0 aliphatic rings. The number of hydrogen-bond acceptors (Lipinski definition) is 3. The summed E-state index contributed by atoms with van der Waals surface area (Å²) in [5.41, 5.74) is -1.00. The molecular formula is C13H11F3N2O2S. The highest BCUT2D eigenvalue weighted by molar-refractivity contribution is 7.89. The monoisotopic (exact) mass is 316 g/mol. The zero-order valence-corrected chi connectivity index (χ0v) is 11.4. The van der Waals surface area contributed by atoms with Gasteiger partial charge in [-0.15, -0.1) is 0 Å². The smallest absolute Gasteiger partial charge is 0.263 e. The van der Waals surface area contributed by atoms with Crippen LogP contribution in [0.15, 0.2) is 53.7 Å². The molecule has 4 nitrogen and oxygen atoms in total. The van der Waals surface area contributed by atoms with Gasteiger partial charge in [0.15, 0.2) is 0 Å². The van der Waals surface area contributed by atoms with Crippen LogP contribution in [0.5, 0.6) is 0 Å². The van der Waals surface area contributed by atoms with Crippen molar-refractivity contribution in [2.24, 2.45) is 0 Å². The van der Waals surface area contributed by atoms with Crippen molar-refractivity contribution in [1.29, 1.82) is 0 Å². The van der Waals surface area contributed by atoms with Crippen molar-refractivity contribution < 1.29 is 21.6 Å². The maximum absolute atomic E-state index is 12.8.